The summed E-state index contributed by atoms with van der Waals surface area (Å²) < 4.78 is 8.75. The number of benzene rings is 8. The molecule has 1 aliphatic heterocycles. The van der Waals surface area contributed by atoms with Crippen LogP contribution in [0.15, 0.2) is 205 Å². The molecule has 4 nitrogen and oxygen atoms in total. The van der Waals surface area contributed by atoms with Gasteiger partial charge in [0.25, 0.3) is 0 Å². The van der Waals surface area contributed by atoms with Crippen LogP contribution in [-0.4, -0.2) is 22.6 Å². The summed E-state index contributed by atoms with van der Waals surface area (Å²) in [5.74, 6) is 0.718. The maximum Gasteiger partial charge on any atom is 0.203 e. The first-order chi connectivity index (χ1) is 28.3. The van der Waals surface area contributed by atoms with E-state index in [9.17, 15) is 0 Å². The van der Waals surface area contributed by atoms with Crippen molar-refractivity contribution in [3.8, 4) is 39.5 Å². The van der Waals surface area contributed by atoms with E-state index in [1.165, 1.54) is 26.5 Å². The zero-order valence-electron chi connectivity index (χ0n) is 30.8. The van der Waals surface area contributed by atoms with Crippen molar-refractivity contribution in [2.24, 2.45) is 0 Å². The summed E-state index contributed by atoms with van der Waals surface area (Å²) in [6.45, 7) is 0. The van der Waals surface area contributed by atoms with Crippen LogP contribution in [-0.2, 0) is 0 Å². The molecule has 0 amide bonds. The van der Waals surface area contributed by atoms with Gasteiger partial charge < -0.3 is 8.98 Å². The standard InChI is InChI=1S/C52H33N3OSi/c1-4-17-34(18-5-1)50-49-41-27-12-15-30-48(41)57(37-21-6-2-7-22-37,38-23-8-3-9-24-38)52(49)54-51(53-50)35-19-16-20-36(31-35)55-44-28-13-10-25-39(44)42-33-47-43(32-45(42)55)40-26-11-14-29-46(40)56-47/h1-33H. The lowest BCUT2D eigenvalue weighted by Gasteiger charge is -2.30. The molecule has 57 heavy (non-hydrogen) atoms. The fourth-order valence-corrected chi connectivity index (χ4v) is 14.5. The number of nitrogens with zero attached hydrogens (tertiary/aromatic N) is 3. The Morgan fingerprint density at radius 3 is 1.88 bits per heavy atom. The normalized spacial score (nSPS) is 13.1. The summed E-state index contributed by atoms with van der Waals surface area (Å²) in [6, 6.07) is 71.9. The number of furan rings is 1. The molecule has 266 valence electrons. The third kappa shape index (κ3) is 4.61. The fourth-order valence-electron chi connectivity index (χ4n) is 9.45. The molecule has 0 spiro atoms. The molecule has 0 aliphatic carbocycles. The van der Waals surface area contributed by atoms with Gasteiger partial charge in [0.15, 0.2) is 5.82 Å². The Hall–Kier alpha value is -7.34. The molecule has 0 unspecified atom stereocenters. The summed E-state index contributed by atoms with van der Waals surface area (Å²) in [5, 5.41) is 9.65. The molecule has 11 aromatic rings. The van der Waals surface area contributed by atoms with Crippen molar-refractivity contribution in [3.63, 3.8) is 0 Å². The minimum atomic E-state index is -2.90. The molecule has 0 radical (unpaired) electrons. The summed E-state index contributed by atoms with van der Waals surface area (Å²) >= 11 is 0. The van der Waals surface area contributed by atoms with E-state index in [0.717, 1.165) is 77.6 Å². The Bertz CT molecular complexity index is 3310. The number of hydrogen-bond acceptors (Lipinski definition) is 3. The molecule has 0 N–H and O–H groups in total. The van der Waals surface area contributed by atoms with Crippen LogP contribution < -0.4 is 20.9 Å². The second kappa shape index (κ2) is 12.3. The molecule has 0 atom stereocenters. The highest BCUT2D eigenvalue weighted by molar-refractivity contribution is 7.21. The Kier molecular flexibility index (Phi) is 6.91. The topological polar surface area (TPSA) is 43.9 Å². The number of hydrogen-bond donors (Lipinski definition) is 0. The van der Waals surface area contributed by atoms with Gasteiger partial charge in [-0.2, -0.15) is 0 Å². The lowest BCUT2D eigenvalue weighted by Crippen LogP contribution is -2.73. The Labute approximate surface area is 330 Å². The van der Waals surface area contributed by atoms with Gasteiger partial charge >= 0.3 is 0 Å². The molecule has 0 bridgehead atoms. The van der Waals surface area contributed by atoms with Crippen molar-refractivity contribution in [2.75, 3.05) is 0 Å². The zero-order chi connectivity index (χ0) is 37.5. The highest BCUT2D eigenvalue weighted by atomic mass is 28.3. The van der Waals surface area contributed by atoms with Gasteiger partial charge in [-0.25, -0.2) is 9.97 Å². The maximum absolute atomic E-state index is 6.37. The van der Waals surface area contributed by atoms with E-state index in [1.54, 1.807) is 0 Å². The quantitative estimate of drug-likeness (QED) is 0.165. The molecular weight excluding hydrogens is 711 g/mol. The van der Waals surface area contributed by atoms with E-state index >= 15 is 0 Å². The molecule has 1 aliphatic rings. The highest BCUT2D eigenvalue weighted by Crippen LogP contribution is 2.40. The monoisotopic (exact) mass is 743 g/mol. The number of fused-ring (bicyclic) bond motifs is 9. The summed E-state index contributed by atoms with van der Waals surface area (Å²) in [4.78, 5) is 11.3. The van der Waals surface area contributed by atoms with E-state index in [4.69, 9.17) is 14.4 Å². The number of aromatic nitrogens is 3. The maximum atomic E-state index is 6.37. The van der Waals surface area contributed by atoms with Crippen molar-refractivity contribution >= 4 is 72.7 Å². The first-order valence-electron chi connectivity index (χ1n) is 19.4. The van der Waals surface area contributed by atoms with Crippen molar-refractivity contribution < 1.29 is 4.42 Å². The van der Waals surface area contributed by atoms with Crippen molar-refractivity contribution in [3.05, 3.63) is 200 Å². The first kappa shape index (κ1) is 32.0. The average molecular weight is 744 g/mol. The molecule has 5 heteroatoms. The van der Waals surface area contributed by atoms with Gasteiger partial charge in [-0.05, 0) is 57.5 Å². The lowest BCUT2D eigenvalue weighted by atomic mass is 10.0. The summed E-state index contributed by atoms with van der Waals surface area (Å²) in [5.41, 5.74) is 10.5. The van der Waals surface area contributed by atoms with Crippen LogP contribution >= 0.6 is 0 Å². The molecule has 0 saturated carbocycles. The predicted molar refractivity (Wildman–Crippen MR) is 237 cm³/mol. The summed E-state index contributed by atoms with van der Waals surface area (Å²) in [6.07, 6.45) is 0. The van der Waals surface area contributed by atoms with Crippen LogP contribution in [0.2, 0.25) is 0 Å². The van der Waals surface area contributed by atoms with Crippen LogP contribution in [0.5, 0.6) is 0 Å². The third-order valence-corrected chi connectivity index (χ3v) is 16.6. The number of rotatable bonds is 5. The van der Waals surface area contributed by atoms with Gasteiger partial charge in [-0.15, -0.1) is 0 Å². The fraction of sp³-hybridized carbons (Fsp3) is 0. The van der Waals surface area contributed by atoms with Gasteiger partial charge in [-0.3, -0.25) is 0 Å². The van der Waals surface area contributed by atoms with Gasteiger partial charge in [0, 0.05) is 43.9 Å². The van der Waals surface area contributed by atoms with E-state index in [2.05, 4.69) is 193 Å². The lowest BCUT2D eigenvalue weighted by molar-refractivity contribution is 0.669. The summed E-state index contributed by atoms with van der Waals surface area (Å²) in [7, 11) is -2.90. The molecular formula is C52H33N3OSi. The minimum Gasteiger partial charge on any atom is -0.456 e. The molecule has 3 aromatic heterocycles. The van der Waals surface area contributed by atoms with Crippen LogP contribution in [0.3, 0.4) is 0 Å². The predicted octanol–water partition coefficient (Wildman–Crippen LogP) is 10.2. The third-order valence-electron chi connectivity index (χ3n) is 11.9. The van der Waals surface area contributed by atoms with Crippen LogP contribution in [0.25, 0.3) is 83.2 Å². The molecule has 4 heterocycles. The van der Waals surface area contributed by atoms with Crippen LogP contribution in [0.4, 0.5) is 0 Å². The Morgan fingerprint density at radius 2 is 1.09 bits per heavy atom. The SMILES string of the molecule is c1ccc(-c2nc(-c3cccc(-n4c5ccccc5c5cc6oc7ccccc7c6cc54)c3)nc3c2-c2ccccc2[Si]3(c2ccccc2)c2ccccc2)cc1. The first-order valence-corrected chi connectivity index (χ1v) is 21.4. The Balaban J connectivity index is 1.15. The van der Waals surface area contributed by atoms with E-state index < -0.39 is 8.07 Å². The van der Waals surface area contributed by atoms with E-state index in [-0.39, 0.29) is 0 Å². The van der Waals surface area contributed by atoms with Gasteiger partial charge in [-0.1, -0.05) is 164 Å². The van der Waals surface area contributed by atoms with Crippen molar-refractivity contribution in [1.29, 1.82) is 0 Å². The second-order valence-electron chi connectivity index (χ2n) is 14.9. The van der Waals surface area contributed by atoms with Gasteiger partial charge in [0.1, 0.15) is 11.2 Å². The Morgan fingerprint density at radius 1 is 0.439 bits per heavy atom. The smallest absolute Gasteiger partial charge is 0.203 e. The van der Waals surface area contributed by atoms with Crippen LogP contribution in [0, 0.1) is 0 Å². The van der Waals surface area contributed by atoms with Crippen molar-refractivity contribution in [2.45, 2.75) is 0 Å². The average Bonchev–Trinajstić information content (AvgIpc) is 3.92. The van der Waals surface area contributed by atoms with Crippen LogP contribution in [0.1, 0.15) is 0 Å². The van der Waals surface area contributed by atoms with Gasteiger partial charge in [0.2, 0.25) is 8.07 Å². The highest BCUT2D eigenvalue weighted by Gasteiger charge is 2.51. The minimum absolute atomic E-state index is 0.718. The van der Waals surface area contributed by atoms with Crippen molar-refractivity contribution in [1.82, 2.24) is 14.5 Å². The number of para-hydroxylation sites is 2. The molecule has 12 rings (SSSR count). The largest absolute Gasteiger partial charge is 0.456 e. The van der Waals surface area contributed by atoms with Gasteiger partial charge in [0.05, 0.1) is 22.0 Å². The molecule has 0 saturated heterocycles. The molecule has 8 aromatic carbocycles. The van der Waals surface area contributed by atoms with E-state index in [0.29, 0.717) is 0 Å². The second-order valence-corrected chi connectivity index (χ2v) is 18.5. The van der Waals surface area contributed by atoms with E-state index in [1.807, 2.05) is 12.1 Å². The zero-order valence-corrected chi connectivity index (χ0v) is 31.8. The molecule has 0 fully saturated rings.